The second-order valence-corrected chi connectivity index (χ2v) is 7.20. The minimum atomic E-state index is -0.601. The Balaban J connectivity index is 1.51. The van der Waals surface area contributed by atoms with Crippen LogP contribution >= 0.6 is 11.6 Å². The molecule has 2 aromatic carbocycles. The predicted octanol–water partition coefficient (Wildman–Crippen LogP) is 2.19. The number of amides is 2. The van der Waals surface area contributed by atoms with Gasteiger partial charge in [0.1, 0.15) is 0 Å². The van der Waals surface area contributed by atoms with Crippen molar-refractivity contribution in [2.75, 3.05) is 25.0 Å². The number of primary amides is 1. The number of nitrogens with two attached hydrogens (primary N) is 2. The van der Waals surface area contributed by atoms with Gasteiger partial charge in [0.05, 0.1) is 10.6 Å². The molecular weight excluding hydrogens is 364 g/mol. The lowest BCUT2D eigenvalue weighted by atomic mass is 9.95. The third-order valence-corrected chi connectivity index (χ3v) is 5.15. The maximum absolute atomic E-state index is 12.2. The number of carbonyl (C=O) groups excluding carboxylic acids is 2. The monoisotopic (exact) mass is 386 g/mol. The number of anilines is 1. The Morgan fingerprint density at radius 3 is 2.56 bits per heavy atom. The normalized spacial score (nSPS) is 19.8. The summed E-state index contributed by atoms with van der Waals surface area (Å²) in [7, 11) is 0. The van der Waals surface area contributed by atoms with E-state index in [1.807, 2.05) is 18.2 Å². The summed E-state index contributed by atoms with van der Waals surface area (Å²) in [5, 5.41) is 3.01. The van der Waals surface area contributed by atoms with Gasteiger partial charge in [-0.25, -0.2) is 0 Å². The molecule has 0 spiro atoms. The molecule has 0 radical (unpaired) electrons. The molecule has 1 saturated heterocycles. The van der Waals surface area contributed by atoms with Gasteiger partial charge >= 0.3 is 0 Å². The molecule has 2 atom stereocenters. The SMILES string of the molecule is NC(=O)c1ccc(NC(=O)CCN2C[C@@H](N)[C@H](c3ccccc3)C2)cc1Cl. The van der Waals surface area contributed by atoms with E-state index in [0.717, 1.165) is 13.1 Å². The minimum Gasteiger partial charge on any atom is -0.366 e. The average Bonchev–Trinajstić information content (AvgIpc) is 3.01. The first-order valence-electron chi connectivity index (χ1n) is 8.86. The molecule has 1 aliphatic heterocycles. The Bertz CT molecular complexity index is 828. The van der Waals surface area contributed by atoms with Crippen LogP contribution in [0.1, 0.15) is 28.3 Å². The summed E-state index contributed by atoms with van der Waals surface area (Å²) in [5.41, 5.74) is 13.5. The van der Waals surface area contributed by atoms with E-state index in [-0.39, 0.29) is 28.5 Å². The summed E-state index contributed by atoms with van der Waals surface area (Å²) in [4.78, 5) is 25.6. The van der Waals surface area contributed by atoms with Crippen LogP contribution in [-0.2, 0) is 4.79 Å². The number of benzene rings is 2. The van der Waals surface area contributed by atoms with Crippen molar-refractivity contribution in [3.63, 3.8) is 0 Å². The van der Waals surface area contributed by atoms with Gasteiger partial charge in [0, 0.05) is 43.7 Å². The van der Waals surface area contributed by atoms with E-state index in [0.29, 0.717) is 18.7 Å². The molecular formula is C20H23ClN4O2. The van der Waals surface area contributed by atoms with Crippen LogP contribution in [0.4, 0.5) is 5.69 Å². The average molecular weight is 387 g/mol. The smallest absolute Gasteiger partial charge is 0.250 e. The van der Waals surface area contributed by atoms with Crippen molar-refractivity contribution in [1.82, 2.24) is 4.90 Å². The predicted molar refractivity (Wildman–Crippen MR) is 107 cm³/mol. The van der Waals surface area contributed by atoms with Gasteiger partial charge in [0.15, 0.2) is 0 Å². The van der Waals surface area contributed by atoms with Gasteiger partial charge in [0.25, 0.3) is 0 Å². The molecule has 2 aromatic rings. The maximum atomic E-state index is 12.2. The fourth-order valence-electron chi connectivity index (χ4n) is 3.42. The summed E-state index contributed by atoms with van der Waals surface area (Å²) in [6.07, 6.45) is 0.351. The third kappa shape index (κ3) is 4.86. The van der Waals surface area contributed by atoms with E-state index in [2.05, 4.69) is 22.3 Å². The van der Waals surface area contributed by atoms with Crippen molar-refractivity contribution in [2.24, 2.45) is 11.5 Å². The molecule has 6 nitrogen and oxygen atoms in total. The molecule has 7 heteroatoms. The van der Waals surface area contributed by atoms with Crippen molar-refractivity contribution in [1.29, 1.82) is 0 Å². The van der Waals surface area contributed by atoms with Gasteiger partial charge in [-0.05, 0) is 23.8 Å². The summed E-state index contributed by atoms with van der Waals surface area (Å²) in [5.74, 6) is -0.430. The molecule has 0 saturated carbocycles. The minimum absolute atomic E-state index is 0.0654. The van der Waals surface area contributed by atoms with Crippen LogP contribution in [0.25, 0.3) is 0 Å². The number of carbonyl (C=O) groups is 2. The fraction of sp³-hybridized carbons (Fsp3) is 0.300. The summed E-state index contributed by atoms with van der Waals surface area (Å²) in [6.45, 7) is 2.25. The van der Waals surface area contributed by atoms with Crippen LogP contribution < -0.4 is 16.8 Å². The quantitative estimate of drug-likeness (QED) is 0.708. The number of hydrogen-bond acceptors (Lipinski definition) is 4. The molecule has 1 heterocycles. The van der Waals surface area contributed by atoms with Gasteiger partial charge in [-0.1, -0.05) is 41.9 Å². The lowest BCUT2D eigenvalue weighted by Crippen LogP contribution is -2.30. The fourth-order valence-corrected chi connectivity index (χ4v) is 3.70. The Hall–Kier alpha value is -2.41. The largest absolute Gasteiger partial charge is 0.366 e. The van der Waals surface area contributed by atoms with E-state index in [1.54, 1.807) is 6.07 Å². The third-order valence-electron chi connectivity index (χ3n) is 4.84. The van der Waals surface area contributed by atoms with Crippen LogP contribution in [0, 0.1) is 0 Å². The van der Waals surface area contributed by atoms with Gasteiger partial charge in [-0.3, -0.25) is 9.59 Å². The molecule has 0 unspecified atom stereocenters. The Labute approximate surface area is 163 Å². The lowest BCUT2D eigenvalue weighted by Gasteiger charge is -2.16. The molecule has 2 amide bonds. The van der Waals surface area contributed by atoms with E-state index < -0.39 is 5.91 Å². The highest BCUT2D eigenvalue weighted by molar-refractivity contribution is 6.34. The number of nitrogens with zero attached hydrogens (tertiary/aromatic N) is 1. The second-order valence-electron chi connectivity index (χ2n) is 6.80. The number of likely N-dealkylation sites (tertiary alicyclic amines) is 1. The first kappa shape index (κ1) is 19.4. The number of halogens is 1. The van der Waals surface area contributed by atoms with Crippen LogP contribution in [0.5, 0.6) is 0 Å². The molecule has 0 bridgehead atoms. The van der Waals surface area contributed by atoms with Crippen molar-refractivity contribution >= 4 is 29.1 Å². The van der Waals surface area contributed by atoms with E-state index in [4.69, 9.17) is 23.1 Å². The Morgan fingerprint density at radius 1 is 1.15 bits per heavy atom. The summed E-state index contributed by atoms with van der Waals surface area (Å²) in [6, 6.07) is 14.9. The van der Waals surface area contributed by atoms with E-state index >= 15 is 0 Å². The van der Waals surface area contributed by atoms with Gasteiger partial charge in [-0.2, -0.15) is 0 Å². The first-order valence-corrected chi connectivity index (χ1v) is 9.24. The molecule has 3 rings (SSSR count). The molecule has 5 N–H and O–H groups in total. The van der Waals surface area contributed by atoms with Gasteiger partial charge in [-0.15, -0.1) is 0 Å². The zero-order chi connectivity index (χ0) is 19.4. The molecule has 1 fully saturated rings. The van der Waals surface area contributed by atoms with Crippen molar-refractivity contribution in [3.8, 4) is 0 Å². The topological polar surface area (TPSA) is 101 Å². The zero-order valence-electron chi connectivity index (χ0n) is 14.9. The molecule has 27 heavy (non-hydrogen) atoms. The van der Waals surface area contributed by atoms with Crippen molar-refractivity contribution in [3.05, 3.63) is 64.7 Å². The van der Waals surface area contributed by atoms with E-state index in [1.165, 1.54) is 17.7 Å². The number of rotatable bonds is 6. The van der Waals surface area contributed by atoms with Crippen molar-refractivity contribution in [2.45, 2.75) is 18.4 Å². The first-order chi connectivity index (χ1) is 12.9. The van der Waals surface area contributed by atoms with Crippen LogP contribution in [-0.4, -0.2) is 42.4 Å². The molecule has 0 aliphatic carbocycles. The number of hydrogen-bond donors (Lipinski definition) is 3. The standard InChI is InChI=1S/C20H23ClN4O2/c21-17-10-14(6-7-15(17)20(23)27)24-19(26)8-9-25-11-16(18(22)12-25)13-4-2-1-3-5-13/h1-7,10,16,18H,8-9,11-12,22H2,(H2,23,27)(H,24,26)/t16-,18+/m0/s1. The second kappa shape index (κ2) is 8.52. The summed E-state index contributed by atoms with van der Waals surface area (Å²) < 4.78 is 0. The van der Waals surface area contributed by atoms with Crippen molar-refractivity contribution < 1.29 is 9.59 Å². The molecule has 1 aliphatic rings. The summed E-state index contributed by atoms with van der Waals surface area (Å²) >= 11 is 6.00. The molecule has 0 aromatic heterocycles. The number of nitrogens with one attached hydrogen (secondary N) is 1. The highest BCUT2D eigenvalue weighted by Crippen LogP contribution is 2.26. The zero-order valence-corrected chi connectivity index (χ0v) is 15.7. The van der Waals surface area contributed by atoms with E-state index in [9.17, 15) is 9.59 Å². The Morgan fingerprint density at radius 2 is 1.89 bits per heavy atom. The highest BCUT2D eigenvalue weighted by Gasteiger charge is 2.31. The maximum Gasteiger partial charge on any atom is 0.250 e. The van der Waals surface area contributed by atoms with Crippen LogP contribution in [0.15, 0.2) is 48.5 Å². The van der Waals surface area contributed by atoms with Gasteiger partial charge < -0.3 is 21.7 Å². The van der Waals surface area contributed by atoms with Crippen LogP contribution in [0.3, 0.4) is 0 Å². The Kier molecular flexibility index (Phi) is 6.11. The highest BCUT2D eigenvalue weighted by atomic mass is 35.5. The lowest BCUT2D eigenvalue weighted by molar-refractivity contribution is -0.116. The van der Waals surface area contributed by atoms with Crippen LogP contribution in [0.2, 0.25) is 5.02 Å². The van der Waals surface area contributed by atoms with Gasteiger partial charge in [0.2, 0.25) is 11.8 Å². The molecule has 142 valence electrons.